The third-order valence-corrected chi connectivity index (χ3v) is 2.12. The molecule has 6 nitrogen and oxygen atoms in total. The Morgan fingerprint density at radius 3 is 2.65 bits per heavy atom. The van der Waals surface area contributed by atoms with Gasteiger partial charge in [-0.05, 0) is 12.5 Å². The van der Waals surface area contributed by atoms with Gasteiger partial charge in [-0.1, -0.05) is 0 Å². The van der Waals surface area contributed by atoms with Crippen molar-refractivity contribution in [2.75, 3.05) is 0 Å². The highest BCUT2D eigenvalue weighted by Crippen LogP contribution is 2.32. The quantitative estimate of drug-likeness (QED) is 0.646. The van der Waals surface area contributed by atoms with Crippen LogP contribution in [0.2, 0.25) is 0 Å². The summed E-state index contributed by atoms with van der Waals surface area (Å²) in [5.74, 6) is -1.33. The molecule has 0 saturated heterocycles. The molecule has 0 aromatic carbocycles. The van der Waals surface area contributed by atoms with E-state index in [-0.39, 0.29) is 11.1 Å². The maximum absolute atomic E-state index is 12.5. The van der Waals surface area contributed by atoms with E-state index >= 15 is 0 Å². The summed E-state index contributed by atoms with van der Waals surface area (Å²) in [4.78, 5) is 23.5. The van der Waals surface area contributed by atoms with Crippen LogP contribution in [0.4, 0.5) is 14.5 Å². The average molecular weight is 246 g/mol. The summed E-state index contributed by atoms with van der Waals surface area (Å²) < 4.78 is 25.0. The first-order valence-electron chi connectivity index (χ1n) is 4.47. The van der Waals surface area contributed by atoms with Gasteiger partial charge >= 0.3 is 11.7 Å². The number of hydrogen-bond donors (Lipinski definition) is 1. The minimum atomic E-state index is -3.12. The smallest absolute Gasteiger partial charge is 0.308 e. The summed E-state index contributed by atoms with van der Waals surface area (Å²) in [6.07, 6.45) is -2.81. The molecule has 92 valence electrons. The molecule has 0 saturated carbocycles. The highest BCUT2D eigenvalue weighted by atomic mass is 19.3. The molecule has 0 unspecified atom stereocenters. The number of nitro groups is 1. The van der Waals surface area contributed by atoms with Crippen LogP contribution in [0.1, 0.15) is 23.2 Å². The van der Waals surface area contributed by atoms with Crippen molar-refractivity contribution >= 4 is 11.7 Å². The van der Waals surface area contributed by atoms with Gasteiger partial charge in [-0.25, -0.2) is 13.8 Å². The second-order valence-corrected chi connectivity index (χ2v) is 3.28. The molecule has 0 aliphatic rings. The maximum Gasteiger partial charge on any atom is 0.308 e. The molecular formula is C9H8F2N2O4. The van der Waals surface area contributed by atoms with Crippen molar-refractivity contribution in [3.8, 4) is 0 Å². The zero-order valence-electron chi connectivity index (χ0n) is 8.68. The van der Waals surface area contributed by atoms with Gasteiger partial charge in [0.2, 0.25) is 0 Å². The van der Waals surface area contributed by atoms with E-state index in [4.69, 9.17) is 5.11 Å². The van der Waals surface area contributed by atoms with Crippen molar-refractivity contribution in [2.24, 2.45) is 0 Å². The van der Waals surface area contributed by atoms with Crippen LogP contribution in [0.25, 0.3) is 0 Å². The van der Waals surface area contributed by atoms with Crippen LogP contribution < -0.4 is 0 Å². The van der Waals surface area contributed by atoms with E-state index in [9.17, 15) is 23.7 Å². The Kier molecular flexibility index (Phi) is 3.66. The van der Waals surface area contributed by atoms with Gasteiger partial charge in [-0.15, -0.1) is 0 Å². The summed E-state index contributed by atoms with van der Waals surface area (Å²) in [6.45, 7) is 1.38. The Morgan fingerprint density at radius 1 is 1.65 bits per heavy atom. The number of rotatable bonds is 4. The van der Waals surface area contributed by atoms with Gasteiger partial charge < -0.3 is 5.11 Å². The van der Waals surface area contributed by atoms with E-state index < -0.39 is 35.1 Å². The zero-order valence-corrected chi connectivity index (χ0v) is 8.68. The zero-order chi connectivity index (χ0) is 13.2. The van der Waals surface area contributed by atoms with Crippen molar-refractivity contribution in [2.45, 2.75) is 19.8 Å². The Labute approximate surface area is 94.1 Å². The fourth-order valence-corrected chi connectivity index (χ4v) is 1.38. The van der Waals surface area contributed by atoms with E-state index in [1.165, 1.54) is 6.92 Å². The van der Waals surface area contributed by atoms with Crippen molar-refractivity contribution in [1.29, 1.82) is 0 Å². The van der Waals surface area contributed by atoms with Crippen molar-refractivity contribution in [1.82, 2.24) is 4.98 Å². The van der Waals surface area contributed by atoms with Crippen LogP contribution in [0.15, 0.2) is 6.20 Å². The molecule has 1 heterocycles. The third kappa shape index (κ3) is 2.71. The standard InChI is InChI=1S/C9H8F2N2O4/c1-4-3-12-7(9(10)11)8(13(16)17)5(4)2-6(14)15/h3,9H,2H2,1H3,(H,14,15). The molecule has 8 heteroatoms. The van der Waals surface area contributed by atoms with Crippen LogP contribution in [-0.2, 0) is 11.2 Å². The SMILES string of the molecule is Cc1cnc(C(F)F)c([N+](=O)[O-])c1CC(=O)O. The fraction of sp³-hybridized carbons (Fsp3) is 0.333. The van der Waals surface area contributed by atoms with Crippen LogP contribution >= 0.6 is 0 Å². The lowest BCUT2D eigenvalue weighted by molar-refractivity contribution is -0.387. The number of aliphatic carboxylic acids is 1. The van der Waals surface area contributed by atoms with Gasteiger partial charge in [0.1, 0.15) is 0 Å². The summed E-state index contributed by atoms with van der Waals surface area (Å²) in [7, 11) is 0. The topological polar surface area (TPSA) is 93.3 Å². The number of carboxylic acid groups (broad SMARTS) is 1. The van der Waals surface area contributed by atoms with Crippen LogP contribution in [0.5, 0.6) is 0 Å². The van der Waals surface area contributed by atoms with Crippen LogP contribution in [0.3, 0.4) is 0 Å². The number of hydrogen-bond acceptors (Lipinski definition) is 4. The number of carboxylic acids is 1. The molecule has 0 aliphatic carbocycles. The predicted molar refractivity (Wildman–Crippen MR) is 51.9 cm³/mol. The first-order valence-corrected chi connectivity index (χ1v) is 4.47. The second-order valence-electron chi connectivity index (χ2n) is 3.28. The van der Waals surface area contributed by atoms with Crippen molar-refractivity contribution in [3.05, 3.63) is 33.1 Å². The van der Waals surface area contributed by atoms with E-state index in [1.807, 2.05) is 0 Å². The number of pyridine rings is 1. The summed E-state index contributed by atoms with van der Waals surface area (Å²) in [5.41, 5.74) is -1.96. The summed E-state index contributed by atoms with van der Waals surface area (Å²) in [6, 6.07) is 0. The molecule has 0 bridgehead atoms. The molecule has 0 aliphatic heterocycles. The normalized spacial score (nSPS) is 10.6. The second kappa shape index (κ2) is 4.81. The van der Waals surface area contributed by atoms with Crippen LogP contribution in [-0.4, -0.2) is 21.0 Å². The molecule has 0 spiro atoms. The molecule has 1 N–H and O–H groups in total. The number of aryl methyl sites for hydroxylation is 1. The van der Waals surface area contributed by atoms with E-state index in [2.05, 4.69) is 4.98 Å². The van der Waals surface area contributed by atoms with Crippen LogP contribution in [0, 0.1) is 17.0 Å². The molecule has 0 radical (unpaired) electrons. The third-order valence-electron chi connectivity index (χ3n) is 2.12. The highest BCUT2D eigenvalue weighted by Gasteiger charge is 2.29. The van der Waals surface area contributed by atoms with E-state index in [0.717, 1.165) is 6.20 Å². The lowest BCUT2D eigenvalue weighted by Gasteiger charge is -2.07. The minimum Gasteiger partial charge on any atom is -0.481 e. The Balaban J connectivity index is 3.48. The predicted octanol–water partition coefficient (Wildman–Crippen LogP) is 1.86. The van der Waals surface area contributed by atoms with Gasteiger partial charge in [0, 0.05) is 11.8 Å². The number of halogens is 2. The van der Waals surface area contributed by atoms with E-state index in [1.54, 1.807) is 0 Å². The highest BCUT2D eigenvalue weighted by molar-refractivity contribution is 5.73. The number of alkyl halides is 2. The van der Waals surface area contributed by atoms with Crippen molar-refractivity contribution < 1.29 is 23.6 Å². The number of aromatic nitrogens is 1. The lowest BCUT2D eigenvalue weighted by atomic mass is 10.0. The molecule has 1 aromatic rings. The van der Waals surface area contributed by atoms with Gasteiger partial charge in [-0.2, -0.15) is 0 Å². The molecule has 1 rings (SSSR count). The molecular weight excluding hydrogens is 238 g/mol. The molecule has 1 aromatic heterocycles. The molecule has 0 atom stereocenters. The average Bonchev–Trinajstić information content (AvgIpc) is 2.19. The number of carbonyl (C=O) groups is 1. The fourth-order valence-electron chi connectivity index (χ4n) is 1.38. The summed E-state index contributed by atoms with van der Waals surface area (Å²) in [5, 5.41) is 19.3. The van der Waals surface area contributed by atoms with E-state index in [0.29, 0.717) is 0 Å². The Hall–Kier alpha value is -2.12. The first kappa shape index (κ1) is 12.9. The Morgan fingerprint density at radius 2 is 2.24 bits per heavy atom. The molecule has 17 heavy (non-hydrogen) atoms. The van der Waals surface area contributed by atoms with Gasteiger partial charge in [-0.3, -0.25) is 14.9 Å². The molecule has 0 amide bonds. The van der Waals surface area contributed by atoms with Gasteiger partial charge in [0.15, 0.2) is 5.69 Å². The maximum atomic E-state index is 12.5. The van der Waals surface area contributed by atoms with Gasteiger partial charge in [0.05, 0.1) is 11.3 Å². The van der Waals surface area contributed by atoms with Gasteiger partial charge in [0.25, 0.3) is 6.43 Å². The summed E-state index contributed by atoms with van der Waals surface area (Å²) >= 11 is 0. The monoisotopic (exact) mass is 246 g/mol. The first-order chi connectivity index (χ1) is 7.84. The lowest BCUT2D eigenvalue weighted by Crippen LogP contribution is -2.10. The Bertz CT molecular complexity index is 476. The minimum absolute atomic E-state index is 0.198. The molecule has 0 fully saturated rings. The van der Waals surface area contributed by atoms with Crippen molar-refractivity contribution in [3.63, 3.8) is 0 Å². The number of nitrogens with zero attached hydrogens (tertiary/aromatic N) is 2. The largest absolute Gasteiger partial charge is 0.481 e.